The number of likely N-dealkylation sites (N-methyl/N-ethyl adjacent to an activating group) is 1. The van der Waals surface area contributed by atoms with E-state index in [0.29, 0.717) is 19.6 Å². The van der Waals surface area contributed by atoms with E-state index in [9.17, 15) is 9.59 Å². The van der Waals surface area contributed by atoms with E-state index in [4.69, 9.17) is 4.74 Å². The minimum absolute atomic E-state index is 0.0943. The molecule has 0 saturated carbocycles. The number of methoxy groups -OCH3 is 1. The van der Waals surface area contributed by atoms with Crippen LogP contribution in [-0.2, 0) is 14.3 Å². The average Bonchev–Trinajstić information content (AvgIpc) is 2.11. The molecule has 0 aliphatic carbocycles. The average molecular weight is 188 g/mol. The number of amides is 2. The van der Waals surface area contributed by atoms with Gasteiger partial charge in [-0.25, -0.2) is 0 Å². The molecule has 5 heteroatoms. The maximum absolute atomic E-state index is 11.2. The van der Waals surface area contributed by atoms with E-state index in [2.05, 4.69) is 0 Å². The van der Waals surface area contributed by atoms with Crippen molar-refractivity contribution in [2.45, 2.75) is 0 Å². The topological polar surface area (TPSA) is 49.9 Å². The van der Waals surface area contributed by atoms with Gasteiger partial charge in [-0.15, -0.1) is 0 Å². The number of hydrogen-bond acceptors (Lipinski definition) is 3. The Labute approximate surface area is 78.3 Å². The van der Waals surface area contributed by atoms with E-state index in [1.807, 2.05) is 0 Å². The van der Waals surface area contributed by atoms with Gasteiger partial charge in [0.05, 0.1) is 13.2 Å². The van der Waals surface area contributed by atoms with Gasteiger partial charge in [0, 0.05) is 27.7 Å². The second-order valence-corrected chi connectivity index (χ2v) is 2.86. The summed E-state index contributed by atoms with van der Waals surface area (Å²) in [6, 6.07) is 0. The van der Waals surface area contributed by atoms with Crippen LogP contribution in [0.1, 0.15) is 0 Å². The summed E-state index contributed by atoms with van der Waals surface area (Å²) in [5.41, 5.74) is 0. The standard InChI is InChI=1S/C8H16N2O3/c1-9(2)8(12)6-10(7-11)4-5-13-3/h7H,4-6H2,1-3H3. The Balaban J connectivity index is 3.83. The predicted molar refractivity (Wildman–Crippen MR) is 48.2 cm³/mol. The minimum Gasteiger partial charge on any atom is -0.383 e. The molecule has 13 heavy (non-hydrogen) atoms. The van der Waals surface area contributed by atoms with E-state index in [1.165, 1.54) is 9.80 Å². The normalized spacial score (nSPS) is 9.46. The fourth-order valence-corrected chi connectivity index (χ4v) is 0.693. The molecule has 0 rings (SSSR count). The maximum Gasteiger partial charge on any atom is 0.241 e. The van der Waals surface area contributed by atoms with Crippen LogP contribution in [-0.4, -0.2) is 63.0 Å². The highest BCUT2D eigenvalue weighted by molar-refractivity contribution is 5.79. The molecule has 2 amide bonds. The van der Waals surface area contributed by atoms with Crippen LogP contribution in [0.5, 0.6) is 0 Å². The third-order valence-electron chi connectivity index (χ3n) is 1.57. The summed E-state index contributed by atoms with van der Waals surface area (Å²) in [4.78, 5) is 24.5. The van der Waals surface area contributed by atoms with Gasteiger partial charge in [-0.1, -0.05) is 0 Å². The van der Waals surface area contributed by atoms with Crippen molar-refractivity contribution in [3.63, 3.8) is 0 Å². The summed E-state index contributed by atoms with van der Waals surface area (Å²) in [5, 5.41) is 0. The van der Waals surface area contributed by atoms with E-state index in [0.717, 1.165) is 0 Å². The molecule has 0 aliphatic rings. The minimum atomic E-state index is -0.0943. The molecule has 0 spiro atoms. The van der Waals surface area contributed by atoms with Crippen molar-refractivity contribution in [1.82, 2.24) is 9.80 Å². The van der Waals surface area contributed by atoms with Crippen LogP contribution in [0.25, 0.3) is 0 Å². The Kier molecular flexibility index (Phi) is 5.88. The van der Waals surface area contributed by atoms with Gasteiger partial charge in [-0.3, -0.25) is 9.59 Å². The van der Waals surface area contributed by atoms with Crippen molar-refractivity contribution in [3.8, 4) is 0 Å². The molecule has 0 fully saturated rings. The zero-order valence-electron chi connectivity index (χ0n) is 8.32. The van der Waals surface area contributed by atoms with Crippen molar-refractivity contribution in [3.05, 3.63) is 0 Å². The number of nitrogens with zero attached hydrogens (tertiary/aromatic N) is 2. The molecule has 0 N–H and O–H groups in total. The highest BCUT2D eigenvalue weighted by Gasteiger charge is 2.09. The van der Waals surface area contributed by atoms with Crippen LogP contribution in [0.15, 0.2) is 0 Å². The first kappa shape index (κ1) is 11.9. The smallest absolute Gasteiger partial charge is 0.241 e. The Morgan fingerprint density at radius 2 is 2.08 bits per heavy atom. The summed E-state index contributed by atoms with van der Waals surface area (Å²) < 4.78 is 4.79. The van der Waals surface area contributed by atoms with Crippen molar-refractivity contribution in [1.29, 1.82) is 0 Å². The molecule has 0 aromatic heterocycles. The predicted octanol–water partition coefficient (Wildman–Crippen LogP) is -0.821. The zero-order chi connectivity index (χ0) is 10.3. The number of hydrogen-bond donors (Lipinski definition) is 0. The third kappa shape index (κ3) is 5.19. The van der Waals surface area contributed by atoms with Crippen LogP contribution in [0.3, 0.4) is 0 Å². The highest BCUT2D eigenvalue weighted by Crippen LogP contribution is 1.87. The maximum atomic E-state index is 11.2. The molecule has 0 saturated heterocycles. The molecular formula is C8H16N2O3. The summed E-state index contributed by atoms with van der Waals surface area (Å²) in [6.07, 6.45) is 0.653. The summed E-state index contributed by atoms with van der Waals surface area (Å²) in [5.74, 6) is -0.0943. The highest BCUT2D eigenvalue weighted by atomic mass is 16.5. The fourth-order valence-electron chi connectivity index (χ4n) is 0.693. The van der Waals surface area contributed by atoms with E-state index < -0.39 is 0 Å². The lowest BCUT2D eigenvalue weighted by molar-refractivity contribution is -0.133. The van der Waals surface area contributed by atoms with E-state index in [-0.39, 0.29) is 12.5 Å². The van der Waals surface area contributed by atoms with Gasteiger partial charge in [0.2, 0.25) is 12.3 Å². The van der Waals surface area contributed by atoms with Crippen LogP contribution in [0.4, 0.5) is 0 Å². The first-order valence-corrected chi connectivity index (χ1v) is 4.00. The lowest BCUT2D eigenvalue weighted by Crippen LogP contribution is -2.37. The van der Waals surface area contributed by atoms with Gasteiger partial charge >= 0.3 is 0 Å². The second kappa shape index (κ2) is 6.42. The molecular weight excluding hydrogens is 172 g/mol. The second-order valence-electron chi connectivity index (χ2n) is 2.86. The van der Waals surface area contributed by atoms with Crippen LogP contribution >= 0.6 is 0 Å². The molecule has 0 unspecified atom stereocenters. The third-order valence-corrected chi connectivity index (χ3v) is 1.57. The van der Waals surface area contributed by atoms with E-state index in [1.54, 1.807) is 21.2 Å². The van der Waals surface area contributed by atoms with Crippen molar-refractivity contribution < 1.29 is 14.3 Å². The Bertz CT molecular complexity index is 171. The first-order valence-electron chi connectivity index (χ1n) is 4.00. The molecule has 0 aromatic carbocycles. The number of carbonyl (C=O) groups excluding carboxylic acids is 2. The van der Waals surface area contributed by atoms with Gasteiger partial charge in [0.15, 0.2) is 0 Å². The first-order chi connectivity index (χ1) is 6.11. The number of carbonyl (C=O) groups is 2. The quantitative estimate of drug-likeness (QED) is 0.512. The molecule has 5 nitrogen and oxygen atoms in total. The Morgan fingerprint density at radius 3 is 2.46 bits per heavy atom. The largest absolute Gasteiger partial charge is 0.383 e. The van der Waals surface area contributed by atoms with Crippen molar-refractivity contribution in [2.75, 3.05) is 40.9 Å². The molecule has 0 aromatic rings. The van der Waals surface area contributed by atoms with Crippen LogP contribution in [0, 0.1) is 0 Å². The summed E-state index contributed by atoms with van der Waals surface area (Å²) in [7, 11) is 4.86. The van der Waals surface area contributed by atoms with Crippen molar-refractivity contribution in [2.24, 2.45) is 0 Å². The molecule has 0 radical (unpaired) electrons. The summed E-state index contributed by atoms with van der Waals surface area (Å²) >= 11 is 0. The Hall–Kier alpha value is -1.10. The van der Waals surface area contributed by atoms with Crippen LogP contribution in [0.2, 0.25) is 0 Å². The monoisotopic (exact) mass is 188 g/mol. The van der Waals surface area contributed by atoms with E-state index >= 15 is 0 Å². The number of ether oxygens (including phenoxy) is 1. The number of rotatable bonds is 6. The molecule has 76 valence electrons. The van der Waals surface area contributed by atoms with Gasteiger partial charge < -0.3 is 14.5 Å². The molecule has 0 atom stereocenters. The molecule has 0 aliphatic heterocycles. The van der Waals surface area contributed by atoms with Gasteiger partial charge in [0.25, 0.3) is 0 Å². The molecule has 0 heterocycles. The lowest BCUT2D eigenvalue weighted by Gasteiger charge is -2.18. The van der Waals surface area contributed by atoms with Gasteiger partial charge in [-0.05, 0) is 0 Å². The SMILES string of the molecule is COCCN(C=O)CC(=O)N(C)C. The summed E-state index contributed by atoms with van der Waals surface area (Å²) in [6.45, 7) is 0.999. The van der Waals surface area contributed by atoms with Crippen molar-refractivity contribution >= 4 is 12.3 Å². The van der Waals surface area contributed by atoms with Gasteiger partial charge in [-0.2, -0.15) is 0 Å². The lowest BCUT2D eigenvalue weighted by atomic mass is 10.4. The molecule has 0 bridgehead atoms. The van der Waals surface area contributed by atoms with Crippen LogP contribution < -0.4 is 0 Å². The Morgan fingerprint density at radius 1 is 1.46 bits per heavy atom. The zero-order valence-corrected chi connectivity index (χ0v) is 8.32. The fraction of sp³-hybridized carbons (Fsp3) is 0.750. The van der Waals surface area contributed by atoms with Gasteiger partial charge in [0.1, 0.15) is 0 Å².